The lowest BCUT2D eigenvalue weighted by atomic mass is 9.92. The van der Waals surface area contributed by atoms with E-state index in [4.69, 9.17) is 0 Å². The van der Waals surface area contributed by atoms with Gasteiger partial charge in [0.1, 0.15) is 0 Å². The van der Waals surface area contributed by atoms with Crippen LogP contribution in [-0.2, 0) is 4.79 Å². The number of carbonyl (C=O) groups is 1. The van der Waals surface area contributed by atoms with Crippen LogP contribution in [0.1, 0.15) is 27.2 Å². The molecule has 0 unspecified atom stereocenters. The van der Waals surface area contributed by atoms with Crippen molar-refractivity contribution in [1.29, 1.82) is 0 Å². The normalized spacial score (nSPS) is 11.5. The number of anilines is 1. The van der Waals surface area contributed by atoms with E-state index in [1.165, 1.54) is 23.1 Å². The molecule has 0 radical (unpaired) electrons. The first-order valence-electron chi connectivity index (χ1n) is 4.58. The predicted octanol–water partition coefficient (Wildman–Crippen LogP) is 2.63. The summed E-state index contributed by atoms with van der Waals surface area (Å²) < 4.78 is 0.862. The maximum Gasteiger partial charge on any atom is 0.226 e. The Kier molecular flexibility index (Phi) is 4.10. The Morgan fingerprint density at radius 2 is 2.13 bits per heavy atom. The van der Waals surface area contributed by atoms with Gasteiger partial charge in [0.25, 0.3) is 0 Å². The number of hydrogen-bond acceptors (Lipinski definition) is 5. The smallest absolute Gasteiger partial charge is 0.226 e. The molecule has 6 heteroatoms. The van der Waals surface area contributed by atoms with Crippen LogP contribution in [0.2, 0.25) is 0 Å². The van der Waals surface area contributed by atoms with Gasteiger partial charge in [0, 0.05) is 6.42 Å². The zero-order valence-electron chi connectivity index (χ0n) is 9.33. The lowest BCUT2D eigenvalue weighted by molar-refractivity contribution is -0.117. The Bertz CT molecular complexity index is 343. The van der Waals surface area contributed by atoms with E-state index in [0.29, 0.717) is 11.6 Å². The molecular formula is C9H15N3OS2. The van der Waals surface area contributed by atoms with Gasteiger partial charge in [0.15, 0.2) is 4.34 Å². The van der Waals surface area contributed by atoms with Crippen LogP contribution in [0.25, 0.3) is 0 Å². The zero-order chi connectivity index (χ0) is 11.5. The monoisotopic (exact) mass is 245 g/mol. The Morgan fingerprint density at radius 3 is 2.60 bits per heavy atom. The number of hydrogen-bond donors (Lipinski definition) is 1. The molecular weight excluding hydrogens is 230 g/mol. The highest BCUT2D eigenvalue weighted by Gasteiger charge is 2.17. The number of aromatic nitrogens is 2. The number of nitrogens with one attached hydrogen (secondary N) is 1. The van der Waals surface area contributed by atoms with Crippen molar-refractivity contribution in [3.05, 3.63) is 0 Å². The number of carbonyl (C=O) groups excluding carboxylic acids is 1. The van der Waals surface area contributed by atoms with Gasteiger partial charge in [-0.15, -0.1) is 10.2 Å². The summed E-state index contributed by atoms with van der Waals surface area (Å²) in [7, 11) is 0. The molecule has 4 nitrogen and oxygen atoms in total. The highest BCUT2D eigenvalue weighted by Crippen LogP contribution is 2.24. The summed E-state index contributed by atoms with van der Waals surface area (Å²) in [6, 6.07) is 0. The fraction of sp³-hybridized carbons (Fsp3) is 0.667. The van der Waals surface area contributed by atoms with Crippen LogP contribution < -0.4 is 5.32 Å². The van der Waals surface area contributed by atoms with Gasteiger partial charge < -0.3 is 5.32 Å². The number of amides is 1. The average Bonchev–Trinajstić information content (AvgIpc) is 2.48. The summed E-state index contributed by atoms with van der Waals surface area (Å²) in [5.41, 5.74) is -0.00287. The number of thioether (sulfide) groups is 1. The molecule has 15 heavy (non-hydrogen) atoms. The van der Waals surface area contributed by atoms with Crippen LogP contribution in [0, 0.1) is 5.41 Å². The second-order valence-electron chi connectivity index (χ2n) is 4.36. The highest BCUT2D eigenvalue weighted by molar-refractivity contribution is 8.00. The van der Waals surface area contributed by atoms with E-state index >= 15 is 0 Å². The Morgan fingerprint density at radius 1 is 1.47 bits per heavy atom. The molecule has 0 aliphatic heterocycles. The van der Waals surface area contributed by atoms with Gasteiger partial charge in [-0.3, -0.25) is 4.79 Å². The molecule has 0 spiro atoms. The predicted molar refractivity (Wildman–Crippen MR) is 64.4 cm³/mol. The largest absolute Gasteiger partial charge is 0.300 e. The average molecular weight is 245 g/mol. The third-order valence-electron chi connectivity index (χ3n) is 1.52. The minimum Gasteiger partial charge on any atom is -0.300 e. The van der Waals surface area contributed by atoms with E-state index in [0.717, 1.165) is 4.34 Å². The molecule has 0 saturated carbocycles. The molecule has 0 bridgehead atoms. The first-order chi connectivity index (χ1) is 6.90. The SMILES string of the molecule is CSc1nnc(NC(=O)CC(C)(C)C)s1. The van der Waals surface area contributed by atoms with Gasteiger partial charge in [-0.05, 0) is 11.7 Å². The summed E-state index contributed by atoms with van der Waals surface area (Å²) in [4.78, 5) is 11.5. The molecule has 1 rings (SSSR count). The van der Waals surface area contributed by atoms with E-state index < -0.39 is 0 Å². The third-order valence-corrected chi connectivity index (χ3v) is 3.33. The van der Waals surface area contributed by atoms with Gasteiger partial charge in [-0.2, -0.15) is 0 Å². The summed E-state index contributed by atoms with van der Waals surface area (Å²) >= 11 is 2.92. The van der Waals surface area contributed by atoms with Crippen molar-refractivity contribution in [3.8, 4) is 0 Å². The molecule has 1 N–H and O–H groups in total. The van der Waals surface area contributed by atoms with Crippen molar-refractivity contribution in [3.63, 3.8) is 0 Å². The fourth-order valence-corrected chi connectivity index (χ4v) is 2.17. The first-order valence-corrected chi connectivity index (χ1v) is 6.62. The molecule has 1 heterocycles. The summed E-state index contributed by atoms with van der Waals surface area (Å²) in [5.74, 6) is -0.00805. The molecule has 0 atom stereocenters. The molecule has 1 amide bonds. The van der Waals surface area contributed by atoms with E-state index in [1.54, 1.807) is 0 Å². The quantitative estimate of drug-likeness (QED) is 0.657. The second kappa shape index (κ2) is 4.94. The van der Waals surface area contributed by atoms with Crippen LogP contribution >= 0.6 is 23.1 Å². The molecule has 0 saturated heterocycles. The lowest BCUT2D eigenvalue weighted by Gasteiger charge is -2.16. The highest BCUT2D eigenvalue weighted by atomic mass is 32.2. The maximum atomic E-state index is 11.5. The molecule has 0 aliphatic carbocycles. The summed E-state index contributed by atoms with van der Waals surface area (Å²) in [6.07, 6.45) is 2.42. The molecule has 0 fully saturated rings. The topological polar surface area (TPSA) is 54.9 Å². The van der Waals surface area contributed by atoms with Crippen molar-refractivity contribution in [2.45, 2.75) is 31.5 Å². The zero-order valence-corrected chi connectivity index (χ0v) is 11.0. The summed E-state index contributed by atoms with van der Waals surface area (Å²) in [6.45, 7) is 6.08. The van der Waals surface area contributed by atoms with E-state index in [9.17, 15) is 4.79 Å². The van der Waals surface area contributed by atoms with E-state index in [2.05, 4.69) is 15.5 Å². The van der Waals surface area contributed by atoms with E-state index in [1.807, 2.05) is 27.0 Å². The maximum absolute atomic E-state index is 11.5. The number of rotatable bonds is 3. The number of nitrogens with zero attached hydrogens (tertiary/aromatic N) is 2. The van der Waals surface area contributed by atoms with Crippen LogP contribution in [0.15, 0.2) is 4.34 Å². The standard InChI is InChI=1S/C9H15N3OS2/c1-9(2,3)5-6(13)10-7-11-12-8(14-4)15-7/h5H2,1-4H3,(H,10,11,13). The van der Waals surface area contributed by atoms with Gasteiger partial charge in [0.2, 0.25) is 11.0 Å². The van der Waals surface area contributed by atoms with Crippen LogP contribution in [0.5, 0.6) is 0 Å². The van der Waals surface area contributed by atoms with Crippen LogP contribution in [0.3, 0.4) is 0 Å². The van der Waals surface area contributed by atoms with E-state index in [-0.39, 0.29) is 11.3 Å². The molecule has 0 aliphatic rings. The first kappa shape index (κ1) is 12.4. The van der Waals surface area contributed by atoms with Crippen molar-refractivity contribution in [2.24, 2.45) is 5.41 Å². The molecule has 0 aromatic carbocycles. The Hall–Kier alpha value is -0.620. The van der Waals surface area contributed by atoms with Crippen molar-refractivity contribution >= 4 is 34.1 Å². The second-order valence-corrected chi connectivity index (χ2v) is 6.39. The van der Waals surface area contributed by atoms with Gasteiger partial charge in [-0.1, -0.05) is 43.9 Å². The van der Waals surface area contributed by atoms with Crippen molar-refractivity contribution < 1.29 is 4.79 Å². The van der Waals surface area contributed by atoms with Gasteiger partial charge >= 0.3 is 0 Å². The van der Waals surface area contributed by atoms with Crippen LogP contribution in [-0.4, -0.2) is 22.4 Å². The Labute approximate surface area is 97.9 Å². The molecule has 1 aromatic heterocycles. The summed E-state index contributed by atoms with van der Waals surface area (Å²) in [5, 5.41) is 11.1. The van der Waals surface area contributed by atoms with Crippen molar-refractivity contribution in [1.82, 2.24) is 10.2 Å². The lowest BCUT2D eigenvalue weighted by Crippen LogP contribution is -2.19. The van der Waals surface area contributed by atoms with Gasteiger partial charge in [0.05, 0.1) is 0 Å². The molecule has 84 valence electrons. The fourth-order valence-electron chi connectivity index (χ4n) is 0.988. The molecule has 1 aromatic rings. The minimum absolute atomic E-state index is 0.00287. The third kappa shape index (κ3) is 4.61. The van der Waals surface area contributed by atoms with Crippen LogP contribution in [0.4, 0.5) is 5.13 Å². The van der Waals surface area contributed by atoms with Crippen molar-refractivity contribution in [2.75, 3.05) is 11.6 Å². The van der Waals surface area contributed by atoms with Gasteiger partial charge in [-0.25, -0.2) is 0 Å². The minimum atomic E-state index is -0.00805. The Balaban J connectivity index is 2.51.